The minimum absolute atomic E-state index is 0.155. The maximum atomic E-state index is 12.6. The number of allylic oxidation sites excluding steroid dienone is 2. The van der Waals surface area contributed by atoms with Crippen LogP contribution in [-0.2, 0) is 14.4 Å². The van der Waals surface area contributed by atoms with E-state index in [0.717, 1.165) is 12.8 Å². The third kappa shape index (κ3) is 1.72. The van der Waals surface area contributed by atoms with E-state index in [2.05, 4.69) is 17.5 Å². The van der Waals surface area contributed by atoms with Crippen LogP contribution in [0.3, 0.4) is 0 Å². The highest BCUT2D eigenvalue weighted by molar-refractivity contribution is 6.08. The number of fused-ring (bicyclic) bond motifs is 1. The number of carbonyl (C=O) groups excluding carboxylic acids is 3. The minimum Gasteiger partial charge on any atom is -0.355 e. The standard InChI is InChI=1S/C15H20N2O3/c1-3-16-13(18)8(2)17-14(19)11-9-4-5-10(7-6-9)12(11)15(17)20/h4-5,8-12H,3,6-7H2,1-2H3,(H,16,18)/t8-,9-,10-,11-,12+/m0/s1. The summed E-state index contributed by atoms with van der Waals surface area (Å²) in [5.41, 5.74) is 0. The van der Waals surface area contributed by atoms with Gasteiger partial charge in [0.1, 0.15) is 6.04 Å². The van der Waals surface area contributed by atoms with Gasteiger partial charge in [0.15, 0.2) is 0 Å². The van der Waals surface area contributed by atoms with E-state index >= 15 is 0 Å². The number of carbonyl (C=O) groups is 3. The van der Waals surface area contributed by atoms with Gasteiger partial charge in [-0.05, 0) is 38.5 Å². The number of hydrogen-bond acceptors (Lipinski definition) is 3. The summed E-state index contributed by atoms with van der Waals surface area (Å²) < 4.78 is 0. The summed E-state index contributed by atoms with van der Waals surface area (Å²) in [7, 11) is 0. The zero-order valence-electron chi connectivity index (χ0n) is 11.8. The first-order chi connectivity index (χ1) is 9.56. The molecule has 2 fully saturated rings. The third-order valence-corrected chi connectivity index (χ3v) is 4.91. The average Bonchev–Trinajstić information content (AvgIpc) is 2.74. The highest BCUT2D eigenvalue weighted by Gasteiger charge is 2.57. The Kier molecular flexibility index (Phi) is 3.15. The Morgan fingerprint density at radius 2 is 1.75 bits per heavy atom. The van der Waals surface area contributed by atoms with Crippen molar-refractivity contribution in [2.45, 2.75) is 32.7 Å². The van der Waals surface area contributed by atoms with Crippen LogP contribution in [0.1, 0.15) is 26.7 Å². The van der Waals surface area contributed by atoms with Crippen LogP contribution in [0.2, 0.25) is 0 Å². The zero-order chi connectivity index (χ0) is 14.4. The van der Waals surface area contributed by atoms with Crippen LogP contribution in [0.15, 0.2) is 12.2 Å². The molecule has 1 heterocycles. The van der Waals surface area contributed by atoms with Crippen LogP contribution in [0.25, 0.3) is 0 Å². The first-order valence-corrected chi connectivity index (χ1v) is 7.39. The predicted octanol–water partition coefficient (Wildman–Crippen LogP) is 0.708. The van der Waals surface area contributed by atoms with E-state index in [0.29, 0.717) is 6.54 Å². The van der Waals surface area contributed by atoms with Crippen LogP contribution in [-0.4, -0.2) is 35.2 Å². The Balaban J connectivity index is 1.87. The second kappa shape index (κ2) is 4.72. The third-order valence-electron chi connectivity index (χ3n) is 4.91. The lowest BCUT2D eigenvalue weighted by molar-refractivity contribution is -0.147. The Hall–Kier alpha value is -1.65. The fraction of sp³-hybridized carbons (Fsp3) is 0.667. The molecule has 0 aromatic carbocycles. The molecule has 0 unspecified atom stereocenters. The summed E-state index contributed by atoms with van der Waals surface area (Å²) >= 11 is 0. The van der Waals surface area contributed by atoms with Crippen molar-refractivity contribution in [2.24, 2.45) is 23.7 Å². The maximum absolute atomic E-state index is 12.6. The van der Waals surface area contributed by atoms with Gasteiger partial charge < -0.3 is 5.32 Å². The molecule has 0 aromatic heterocycles. The van der Waals surface area contributed by atoms with Crippen molar-refractivity contribution in [3.63, 3.8) is 0 Å². The number of likely N-dealkylation sites (tertiary alicyclic amines) is 1. The second-order valence-corrected chi connectivity index (χ2v) is 5.96. The summed E-state index contributed by atoms with van der Waals surface area (Å²) in [6.07, 6.45) is 6.12. The van der Waals surface area contributed by atoms with Crippen LogP contribution in [0.5, 0.6) is 0 Å². The van der Waals surface area contributed by atoms with Crippen LogP contribution in [0, 0.1) is 23.7 Å². The van der Waals surface area contributed by atoms with Crippen molar-refractivity contribution < 1.29 is 14.4 Å². The highest BCUT2D eigenvalue weighted by Crippen LogP contribution is 2.49. The van der Waals surface area contributed by atoms with E-state index in [9.17, 15) is 14.4 Å². The van der Waals surface area contributed by atoms with Gasteiger partial charge in [-0.15, -0.1) is 0 Å². The number of nitrogens with zero attached hydrogens (tertiary/aromatic N) is 1. The van der Waals surface area contributed by atoms with Gasteiger partial charge in [-0.25, -0.2) is 0 Å². The zero-order valence-corrected chi connectivity index (χ0v) is 11.8. The van der Waals surface area contributed by atoms with Crippen molar-refractivity contribution in [3.8, 4) is 0 Å². The maximum Gasteiger partial charge on any atom is 0.243 e. The van der Waals surface area contributed by atoms with Gasteiger partial charge in [0, 0.05) is 6.54 Å². The van der Waals surface area contributed by atoms with Crippen molar-refractivity contribution in [1.29, 1.82) is 0 Å². The molecule has 20 heavy (non-hydrogen) atoms. The normalized spacial score (nSPS) is 36.2. The fourth-order valence-corrected chi connectivity index (χ4v) is 3.92. The van der Waals surface area contributed by atoms with Gasteiger partial charge in [-0.2, -0.15) is 0 Å². The Morgan fingerprint density at radius 3 is 2.15 bits per heavy atom. The minimum atomic E-state index is -0.708. The molecule has 5 nitrogen and oxygen atoms in total. The molecule has 2 bridgehead atoms. The van der Waals surface area contributed by atoms with E-state index < -0.39 is 6.04 Å². The lowest BCUT2D eigenvalue weighted by atomic mass is 9.63. The van der Waals surface area contributed by atoms with E-state index in [4.69, 9.17) is 0 Å². The molecule has 1 aliphatic heterocycles. The van der Waals surface area contributed by atoms with E-state index in [1.54, 1.807) is 6.92 Å². The van der Waals surface area contributed by atoms with Gasteiger partial charge in [0.05, 0.1) is 11.8 Å². The molecule has 4 aliphatic rings. The lowest BCUT2D eigenvalue weighted by Gasteiger charge is -2.38. The molecule has 0 radical (unpaired) electrons. The summed E-state index contributed by atoms with van der Waals surface area (Å²) in [5, 5.41) is 2.68. The van der Waals surface area contributed by atoms with Gasteiger partial charge >= 0.3 is 0 Å². The van der Waals surface area contributed by atoms with Crippen molar-refractivity contribution in [1.82, 2.24) is 10.2 Å². The van der Waals surface area contributed by atoms with E-state index in [1.165, 1.54) is 4.90 Å². The first kappa shape index (κ1) is 13.3. The first-order valence-electron chi connectivity index (χ1n) is 7.39. The molecule has 1 saturated heterocycles. The number of rotatable bonds is 3. The summed E-state index contributed by atoms with van der Waals surface area (Å²) in [6, 6.07) is -0.708. The number of amides is 3. The molecular weight excluding hydrogens is 256 g/mol. The molecule has 3 amide bonds. The summed E-state index contributed by atoms with van der Waals surface area (Å²) in [5.74, 6) is -0.684. The smallest absolute Gasteiger partial charge is 0.243 e. The van der Waals surface area contributed by atoms with Gasteiger partial charge in [0.2, 0.25) is 17.7 Å². The summed E-state index contributed by atoms with van der Waals surface area (Å²) in [4.78, 5) is 38.3. The lowest BCUT2D eigenvalue weighted by Crippen LogP contribution is -2.48. The Morgan fingerprint density at radius 1 is 1.25 bits per heavy atom. The Bertz CT molecular complexity index is 467. The quantitative estimate of drug-likeness (QED) is 0.610. The molecule has 108 valence electrons. The monoisotopic (exact) mass is 276 g/mol. The number of likely N-dealkylation sites (N-methyl/N-ethyl adjacent to an activating group) is 1. The SMILES string of the molecule is CCNC(=O)[C@H](C)N1C(=O)[C@@H]2[C@H](C1=O)[C@H]1C=C[C@H]2CC1. The second-order valence-electron chi connectivity index (χ2n) is 5.96. The van der Waals surface area contributed by atoms with Crippen LogP contribution in [0.4, 0.5) is 0 Å². The highest BCUT2D eigenvalue weighted by atomic mass is 16.2. The van der Waals surface area contributed by atoms with Crippen molar-refractivity contribution >= 4 is 17.7 Å². The van der Waals surface area contributed by atoms with Crippen LogP contribution < -0.4 is 5.32 Å². The van der Waals surface area contributed by atoms with E-state index in [-0.39, 0.29) is 41.4 Å². The van der Waals surface area contributed by atoms with Gasteiger partial charge in [-0.3, -0.25) is 19.3 Å². The molecule has 3 aliphatic carbocycles. The molecule has 0 spiro atoms. The topological polar surface area (TPSA) is 66.5 Å². The molecule has 0 aromatic rings. The van der Waals surface area contributed by atoms with Crippen molar-refractivity contribution in [3.05, 3.63) is 12.2 Å². The molecule has 1 saturated carbocycles. The average molecular weight is 276 g/mol. The van der Waals surface area contributed by atoms with Crippen LogP contribution >= 0.6 is 0 Å². The van der Waals surface area contributed by atoms with Gasteiger partial charge in [0.25, 0.3) is 0 Å². The van der Waals surface area contributed by atoms with E-state index in [1.807, 2.05) is 6.92 Å². The van der Waals surface area contributed by atoms with Crippen molar-refractivity contribution in [2.75, 3.05) is 6.54 Å². The number of imide groups is 1. The molecule has 1 N–H and O–H groups in total. The molecular formula is C15H20N2O3. The largest absolute Gasteiger partial charge is 0.355 e. The summed E-state index contributed by atoms with van der Waals surface area (Å²) in [6.45, 7) is 3.95. The molecule has 5 heteroatoms. The Labute approximate surface area is 118 Å². The number of nitrogens with one attached hydrogen (secondary N) is 1. The fourth-order valence-electron chi connectivity index (χ4n) is 3.92. The predicted molar refractivity (Wildman–Crippen MR) is 72.3 cm³/mol. The molecule has 5 atom stereocenters. The number of hydrogen-bond donors (Lipinski definition) is 1. The van der Waals surface area contributed by atoms with Gasteiger partial charge in [-0.1, -0.05) is 12.2 Å². The molecule has 4 rings (SSSR count).